The molecule has 0 fully saturated rings. The smallest absolute Gasteiger partial charge is 0.328 e. The summed E-state index contributed by atoms with van der Waals surface area (Å²) in [6, 6.07) is 8.88. The third-order valence-electron chi connectivity index (χ3n) is 4.83. The zero-order valence-corrected chi connectivity index (χ0v) is 24.0. The van der Waals surface area contributed by atoms with E-state index in [4.69, 9.17) is 23.2 Å². The van der Waals surface area contributed by atoms with Crippen LogP contribution in [0.25, 0.3) is 0 Å². The number of rotatable bonds is 9. The van der Waals surface area contributed by atoms with Crippen molar-refractivity contribution in [2.24, 2.45) is 0 Å². The van der Waals surface area contributed by atoms with Gasteiger partial charge in [0.05, 0.1) is 24.3 Å². The average Bonchev–Trinajstić information content (AvgIpc) is 3.17. The molecule has 0 radical (unpaired) electrons. The molecule has 14 heteroatoms. The molecule has 3 aromatic rings. The van der Waals surface area contributed by atoms with Crippen LogP contribution in [0.1, 0.15) is 36.0 Å². The standard InChI is InChI=1S/C23H17Br2Cl2N3O6S/c24-13-7-17(37-19(13)25)21(33)29-9-16(23(35)36)30-22(34)18-14(26)5-11(6-15(18)27)20(32)28-8-10-2-1-3-12(31)4-10/h1-7,16,31H,8-9H2,(H,28,32)(H,29,33)(H,30,34)(H,35,36)/t16-/m0/s1. The van der Waals surface area contributed by atoms with Gasteiger partial charge in [0.2, 0.25) is 0 Å². The van der Waals surface area contributed by atoms with Crippen molar-refractivity contribution in [2.45, 2.75) is 12.6 Å². The molecule has 1 aromatic heterocycles. The van der Waals surface area contributed by atoms with Crippen molar-refractivity contribution >= 4 is 90.1 Å². The van der Waals surface area contributed by atoms with Gasteiger partial charge in [-0.05, 0) is 67.8 Å². The summed E-state index contributed by atoms with van der Waals surface area (Å²) in [6.45, 7) is -0.284. The molecule has 194 valence electrons. The molecule has 5 N–H and O–H groups in total. The van der Waals surface area contributed by atoms with Crippen LogP contribution in [0.4, 0.5) is 0 Å². The Morgan fingerprint density at radius 2 is 1.62 bits per heavy atom. The Kier molecular flexibility index (Phi) is 9.96. The average molecular weight is 694 g/mol. The Bertz CT molecular complexity index is 1340. The van der Waals surface area contributed by atoms with Crippen LogP contribution < -0.4 is 16.0 Å². The summed E-state index contributed by atoms with van der Waals surface area (Å²) in [7, 11) is 0. The number of carbonyl (C=O) groups is 4. The predicted octanol–water partition coefficient (Wildman–Crippen LogP) is 4.83. The second kappa shape index (κ2) is 12.7. The van der Waals surface area contributed by atoms with Gasteiger partial charge in [-0.25, -0.2) is 4.79 Å². The van der Waals surface area contributed by atoms with E-state index in [2.05, 4.69) is 47.8 Å². The first-order chi connectivity index (χ1) is 17.5. The van der Waals surface area contributed by atoms with Crippen molar-refractivity contribution in [2.75, 3.05) is 6.54 Å². The molecule has 3 rings (SSSR count). The molecule has 0 saturated heterocycles. The number of nitrogens with one attached hydrogen (secondary N) is 3. The van der Waals surface area contributed by atoms with Crippen molar-refractivity contribution in [3.8, 4) is 5.75 Å². The number of phenolic OH excluding ortho intramolecular Hbond substituents is 1. The topological polar surface area (TPSA) is 145 Å². The molecule has 9 nitrogen and oxygen atoms in total. The lowest BCUT2D eigenvalue weighted by molar-refractivity contribution is -0.139. The van der Waals surface area contributed by atoms with Crippen molar-refractivity contribution in [3.05, 3.63) is 82.3 Å². The number of amides is 3. The van der Waals surface area contributed by atoms with E-state index in [-0.39, 0.29) is 33.5 Å². The zero-order valence-electron chi connectivity index (χ0n) is 18.5. The van der Waals surface area contributed by atoms with E-state index in [1.807, 2.05) is 0 Å². The van der Waals surface area contributed by atoms with E-state index < -0.39 is 36.3 Å². The van der Waals surface area contributed by atoms with Gasteiger partial charge >= 0.3 is 5.97 Å². The number of aromatic hydroxyl groups is 1. The van der Waals surface area contributed by atoms with Crippen molar-refractivity contribution < 1.29 is 29.4 Å². The van der Waals surface area contributed by atoms with Crippen molar-refractivity contribution in [3.63, 3.8) is 0 Å². The molecule has 0 spiro atoms. The normalized spacial score (nSPS) is 11.5. The number of hydrogen-bond acceptors (Lipinski definition) is 6. The molecule has 2 aromatic carbocycles. The Labute approximate surface area is 241 Å². The van der Waals surface area contributed by atoms with E-state index in [1.54, 1.807) is 18.2 Å². The summed E-state index contributed by atoms with van der Waals surface area (Å²) >= 11 is 20.1. The van der Waals surface area contributed by atoms with E-state index in [0.717, 1.165) is 11.3 Å². The van der Waals surface area contributed by atoms with Crippen molar-refractivity contribution in [1.29, 1.82) is 0 Å². The maximum absolute atomic E-state index is 12.8. The molecule has 0 aliphatic rings. The Hall–Kier alpha value is -2.64. The second-order valence-electron chi connectivity index (χ2n) is 7.47. The summed E-state index contributed by atoms with van der Waals surface area (Å²) in [5, 5.41) is 26.1. The highest BCUT2D eigenvalue weighted by molar-refractivity contribution is 9.13. The molecule has 3 amide bonds. The number of halogens is 4. The maximum Gasteiger partial charge on any atom is 0.328 e. The third-order valence-corrected chi connectivity index (χ3v) is 8.69. The molecule has 37 heavy (non-hydrogen) atoms. The Balaban J connectivity index is 1.66. The summed E-state index contributed by atoms with van der Waals surface area (Å²) in [6.07, 6.45) is 0. The lowest BCUT2D eigenvalue weighted by Crippen LogP contribution is -2.48. The van der Waals surface area contributed by atoms with E-state index in [1.165, 1.54) is 24.3 Å². The number of aliphatic carboxylic acids is 1. The van der Waals surface area contributed by atoms with E-state index >= 15 is 0 Å². The summed E-state index contributed by atoms with van der Waals surface area (Å²) in [5.41, 5.74) is 0.506. The number of carboxylic acid groups (broad SMARTS) is 1. The molecule has 0 aliphatic heterocycles. The minimum absolute atomic E-state index is 0.0556. The fraction of sp³-hybridized carbons (Fsp3) is 0.130. The monoisotopic (exact) mass is 691 g/mol. The van der Waals surface area contributed by atoms with Gasteiger partial charge in [0, 0.05) is 23.1 Å². The lowest BCUT2D eigenvalue weighted by atomic mass is 10.1. The van der Waals surface area contributed by atoms with E-state index in [9.17, 15) is 29.4 Å². The minimum Gasteiger partial charge on any atom is -0.508 e. The predicted molar refractivity (Wildman–Crippen MR) is 147 cm³/mol. The van der Waals surface area contributed by atoms with Crippen LogP contribution in [-0.2, 0) is 11.3 Å². The molecular weight excluding hydrogens is 677 g/mol. The summed E-state index contributed by atoms with van der Waals surface area (Å²) < 4.78 is 1.37. The lowest BCUT2D eigenvalue weighted by Gasteiger charge is -2.17. The Morgan fingerprint density at radius 3 is 2.19 bits per heavy atom. The van der Waals surface area contributed by atoms with Gasteiger partial charge in [0.15, 0.2) is 0 Å². The number of carbonyl (C=O) groups excluding carboxylic acids is 3. The van der Waals surface area contributed by atoms with Gasteiger partial charge < -0.3 is 26.2 Å². The largest absolute Gasteiger partial charge is 0.508 e. The molecule has 1 atom stereocenters. The highest BCUT2D eigenvalue weighted by atomic mass is 79.9. The van der Waals surface area contributed by atoms with Crippen LogP contribution >= 0.6 is 66.4 Å². The van der Waals surface area contributed by atoms with Gasteiger partial charge in [0.25, 0.3) is 17.7 Å². The number of hydrogen-bond donors (Lipinski definition) is 5. The van der Waals surface area contributed by atoms with Gasteiger partial charge in [0.1, 0.15) is 11.8 Å². The molecule has 0 saturated carbocycles. The number of thiophene rings is 1. The highest BCUT2D eigenvalue weighted by Crippen LogP contribution is 2.32. The Morgan fingerprint density at radius 1 is 0.946 bits per heavy atom. The number of carboxylic acids is 1. The first kappa shape index (κ1) is 28.9. The highest BCUT2D eigenvalue weighted by Gasteiger charge is 2.25. The fourth-order valence-corrected chi connectivity index (χ4v) is 5.65. The van der Waals surface area contributed by atoms with Crippen LogP contribution in [-0.4, -0.2) is 46.5 Å². The van der Waals surface area contributed by atoms with Crippen LogP contribution in [0.3, 0.4) is 0 Å². The zero-order chi connectivity index (χ0) is 27.3. The summed E-state index contributed by atoms with van der Waals surface area (Å²) in [4.78, 5) is 49.7. The molecule has 0 aliphatic carbocycles. The van der Waals surface area contributed by atoms with Crippen LogP contribution in [0.5, 0.6) is 5.75 Å². The summed E-state index contributed by atoms with van der Waals surface area (Å²) in [5.74, 6) is -3.28. The second-order valence-corrected chi connectivity index (χ2v) is 11.5. The van der Waals surface area contributed by atoms with Gasteiger partial charge in [-0.1, -0.05) is 35.3 Å². The van der Waals surface area contributed by atoms with Crippen molar-refractivity contribution in [1.82, 2.24) is 16.0 Å². The number of phenols is 1. The molecule has 1 heterocycles. The first-order valence-electron chi connectivity index (χ1n) is 10.3. The van der Waals surface area contributed by atoms with E-state index in [0.29, 0.717) is 18.7 Å². The van der Waals surface area contributed by atoms with Crippen LogP contribution in [0, 0.1) is 0 Å². The van der Waals surface area contributed by atoms with Gasteiger partial charge in [-0.3, -0.25) is 14.4 Å². The molecular formula is C23H17Br2Cl2N3O6S. The molecule has 0 bridgehead atoms. The molecule has 0 unspecified atom stereocenters. The maximum atomic E-state index is 12.8. The third kappa shape index (κ3) is 7.68. The SMILES string of the molecule is O=C(NCc1cccc(O)c1)c1cc(Cl)c(C(=O)N[C@@H](CNC(=O)c2cc(Br)c(Br)s2)C(=O)O)c(Cl)c1. The van der Waals surface area contributed by atoms with Crippen LogP contribution in [0.2, 0.25) is 10.0 Å². The van der Waals surface area contributed by atoms with Gasteiger partial charge in [-0.2, -0.15) is 0 Å². The van der Waals surface area contributed by atoms with Crippen LogP contribution in [0.15, 0.2) is 50.7 Å². The quantitative estimate of drug-likeness (QED) is 0.217. The minimum atomic E-state index is -1.49. The number of benzene rings is 2. The fourth-order valence-electron chi connectivity index (χ4n) is 3.04. The van der Waals surface area contributed by atoms with Gasteiger partial charge in [-0.15, -0.1) is 11.3 Å². The first-order valence-corrected chi connectivity index (χ1v) is 13.4.